The Bertz CT molecular complexity index is 825. The second kappa shape index (κ2) is 5.46. The molecule has 8 heteroatoms. The highest BCUT2D eigenvalue weighted by Crippen LogP contribution is 2.20. The highest BCUT2D eigenvalue weighted by Gasteiger charge is 2.17. The van der Waals surface area contributed by atoms with Crippen molar-refractivity contribution in [3.05, 3.63) is 59.4 Å². The molecule has 0 bridgehead atoms. The lowest BCUT2D eigenvalue weighted by atomic mass is 10.2. The van der Waals surface area contributed by atoms with Crippen LogP contribution in [0.15, 0.2) is 41.3 Å². The maximum atomic E-state index is 13.2. The van der Waals surface area contributed by atoms with Gasteiger partial charge in [-0.3, -0.25) is 4.72 Å². The zero-order valence-electron chi connectivity index (χ0n) is 10.3. The molecular formula is C13H7F3N2O2S. The predicted octanol–water partition coefficient (Wildman–Crippen LogP) is 2.78. The second-order valence-electron chi connectivity index (χ2n) is 4.02. The van der Waals surface area contributed by atoms with E-state index < -0.39 is 37.9 Å². The number of anilines is 1. The number of rotatable bonds is 3. The molecule has 2 rings (SSSR count). The van der Waals surface area contributed by atoms with Gasteiger partial charge in [0.05, 0.1) is 16.1 Å². The van der Waals surface area contributed by atoms with Crippen molar-refractivity contribution < 1.29 is 21.6 Å². The minimum absolute atomic E-state index is 0.324. The number of nitriles is 1. The van der Waals surface area contributed by atoms with Crippen LogP contribution in [0, 0.1) is 28.8 Å². The Balaban J connectivity index is 2.41. The van der Waals surface area contributed by atoms with Crippen LogP contribution in [0.1, 0.15) is 5.56 Å². The summed E-state index contributed by atoms with van der Waals surface area (Å²) in [7, 11) is -4.20. The van der Waals surface area contributed by atoms with Gasteiger partial charge < -0.3 is 0 Å². The van der Waals surface area contributed by atoms with Gasteiger partial charge in [-0.15, -0.1) is 0 Å². The molecule has 0 spiro atoms. The molecular weight excluding hydrogens is 305 g/mol. The van der Waals surface area contributed by atoms with Crippen LogP contribution in [0.3, 0.4) is 0 Å². The highest BCUT2D eigenvalue weighted by molar-refractivity contribution is 7.92. The highest BCUT2D eigenvalue weighted by atomic mass is 32.2. The Morgan fingerprint density at radius 1 is 1.00 bits per heavy atom. The molecule has 0 aliphatic rings. The fourth-order valence-corrected chi connectivity index (χ4v) is 2.65. The first kappa shape index (κ1) is 14.9. The molecule has 0 saturated carbocycles. The summed E-state index contributed by atoms with van der Waals surface area (Å²) < 4.78 is 65.2. The van der Waals surface area contributed by atoms with Crippen LogP contribution in [0.25, 0.3) is 0 Å². The van der Waals surface area contributed by atoms with E-state index >= 15 is 0 Å². The summed E-state index contributed by atoms with van der Waals surface area (Å²) in [5.74, 6) is -2.78. The molecule has 21 heavy (non-hydrogen) atoms. The molecule has 0 fully saturated rings. The van der Waals surface area contributed by atoms with Gasteiger partial charge in [-0.05, 0) is 30.3 Å². The van der Waals surface area contributed by atoms with Gasteiger partial charge in [-0.1, -0.05) is 0 Å². The Morgan fingerprint density at radius 2 is 1.62 bits per heavy atom. The molecule has 0 amide bonds. The molecule has 0 aromatic heterocycles. The fraction of sp³-hybridized carbons (Fsp3) is 0. The quantitative estimate of drug-likeness (QED) is 0.947. The zero-order valence-corrected chi connectivity index (χ0v) is 11.1. The third kappa shape index (κ3) is 3.32. The Morgan fingerprint density at radius 3 is 2.19 bits per heavy atom. The topological polar surface area (TPSA) is 70.0 Å². The smallest absolute Gasteiger partial charge is 0.261 e. The molecule has 0 radical (unpaired) electrons. The van der Waals surface area contributed by atoms with Crippen LogP contribution < -0.4 is 4.72 Å². The average molecular weight is 312 g/mol. The Kier molecular flexibility index (Phi) is 3.86. The molecule has 0 heterocycles. The monoisotopic (exact) mass is 312 g/mol. The van der Waals surface area contributed by atoms with Gasteiger partial charge in [0.25, 0.3) is 10.0 Å². The number of hydrogen-bond donors (Lipinski definition) is 1. The van der Waals surface area contributed by atoms with Crippen LogP contribution >= 0.6 is 0 Å². The number of nitrogens with one attached hydrogen (secondary N) is 1. The van der Waals surface area contributed by atoms with Gasteiger partial charge in [0.2, 0.25) is 0 Å². The van der Waals surface area contributed by atoms with Gasteiger partial charge >= 0.3 is 0 Å². The Hall–Kier alpha value is -2.53. The third-order valence-corrected chi connectivity index (χ3v) is 3.86. The van der Waals surface area contributed by atoms with E-state index in [4.69, 9.17) is 5.26 Å². The van der Waals surface area contributed by atoms with Crippen LogP contribution in [0.5, 0.6) is 0 Å². The lowest BCUT2D eigenvalue weighted by molar-refractivity contribution is 0.584. The maximum absolute atomic E-state index is 13.2. The normalized spacial score (nSPS) is 11.0. The van der Waals surface area contributed by atoms with Crippen molar-refractivity contribution in [3.8, 4) is 6.07 Å². The molecule has 2 aromatic carbocycles. The number of halogens is 3. The van der Waals surface area contributed by atoms with Crippen LogP contribution in [0.4, 0.5) is 18.9 Å². The molecule has 0 unspecified atom stereocenters. The van der Waals surface area contributed by atoms with Crippen molar-refractivity contribution in [2.75, 3.05) is 4.72 Å². The molecule has 0 aliphatic carbocycles. The summed E-state index contributed by atoms with van der Waals surface area (Å²) in [5, 5.41) is 8.67. The van der Waals surface area contributed by atoms with Crippen molar-refractivity contribution in [3.63, 3.8) is 0 Å². The standard InChI is InChI=1S/C13H7F3N2O2S/c14-9-4-10(15)6-11(5-9)18-21(19,20)12-1-2-13(16)8(3-12)7-17/h1-6,18H. The third-order valence-electron chi connectivity index (χ3n) is 2.48. The van der Waals surface area contributed by atoms with Crippen LogP contribution in [-0.2, 0) is 10.0 Å². The number of benzene rings is 2. The van der Waals surface area contributed by atoms with Crippen molar-refractivity contribution >= 4 is 15.7 Å². The molecule has 0 atom stereocenters. The lowest BCUT2D eigenvalue weighted by Gasteiger charge is -2.08. The number of sulfonamides is 1. The fourth-order valence-electron chi connectivity index (χ4n) is 1.58. The van der Waals surface area contributed by atoms with E-state index in [1.807, 2.05) is 4.72 Å². The molecule has 0 saturated heterocycles. The van der Waals surface area contributed by atoms with E-state index in [0.717, 1.165) is 30.3 Å². The second-order valence-corrected chi connectivity index (χ2v) is 5.70. The summed E-state index contributed by atoms with van der Waals surface area (Å²) in [6, 6.07) is 6.25. The van der Waals surface area contributed by atoms with E-state index in [1.165, 1.54) is 6.07 Å². The maximum Gasteiger partial charge on any atom is 0.261 e. The Labute approximate surface area is 118 Å². The number of nitrogens with zero attached hydrogens (tertiary/aromatic N) is 1. The minimum Gasteiger partial charge on any atom is -0.279 e. The lowest BCUT2D eigenvalue weighted by Crippen LogP contribution is -2.13. The SMILES string of the molecule is N#Cc1cc(S(=O)(=O)Nc2cc(F)cc(F)c2)ccc1F. The van der Waals surface area contributed by atoms with Crippen molar-refractivity contribution in [1.29, 1.82) is 5.26 Å². The largest absolute Gasteiger partial charge is 0.279 e. The van der Waals surface area contributed by atoms with E-state index in [1.54, 1.807) is 0 Å². The van der Waals surface area contributed by atoms with Crippen LogP contribution in [0.2, 0.25) is 0 Å². The van der Waals surface area contributed by atoms with E-state index in [9.17, 15) is 21.6 Å². The van der Waals surface area contributed by atoms with E-state index in [-0.39, 0.29) is 5.69 Å². The first-order valence-corrected chi connectivity index (χ1v) is 6.99. The minimum atomic E-state index is -4.20. The van der Waals surface area contributed by atoms with Crippen molar-refractivity contribution in [1.82, 2.24) is 0 Å². The molecule has 0 aliphatic heterocycles. The predicted molar refractivity (Wildman–Crippen MR) is 68.3 cm³/mol. The molecule has 108 valence electrons. The molecule has 4 nitrogen and oxygen atoms in total. The molecule has 2 aromatic rings. The summed E-state index contributed by atoms with van der Waals surface area (Å²) in [4.78, 5) is -0.398. The van der Waals surface area contributed by atoms with Gasteiger partial charge in [-0.2, -0.15) is 5.26 Å². The van der Waals surface area contributed by atoms with Gasteiger partial charge in [0, 0.05) is 6.07 Å². The van der Waals surface area contributed by atoms with Gasteiger partial charge in [0.15, 0.2) is 0 Å². The first-order chi connectivity index (χ1) is 9.81. The molecule has 1 N–H and O–H groups in total. The average Bonchev–Trinajstić information content (AvgIpc) is 2.37. The first-order valence-electron chi connectivity index (χ1n) is 5.50. The summed E-state index contributed by atoms with van der Waals surface area (Å²) in [6.45, 7) is 0. The van der Waals surface area contributed by atoms with Gasteiger partial charge in [0.1, 0.15) is 23.5 Å². The zero-order chi connectivity index (χ0) is 15.6. The van der Waals surface area contributed by atoms with Crippen molar-refractivity contribution in [2.45, 2.75) is 4.90 Å². The van der Waals surface area contributed by atoms with Gasteiger partial charge in [-0.25, -0.2) is 21.6 Å². The summed E-state index contributed by atoms with van der Waals surface area (Å²) in [6.07, 6.45) is 0. The number of hydrogen-bond acceptors (Lipinski definition) is 3. The van der Waals surface area contributed by atoms with Crippen molar-refractivity contribution in [2.24, 2.45) is 0 Å². The summed E-state index contributed by atoms with van der Waals surface area (Å²) >= 11 is 0. The van der Waals surface area contributed by atoms with E-state index in [2.05, 4.69) is 0 Å². The van der Waals surface area contributed by atoms with Crippen LogP contribution in [-0.4, -0.2) is 8.42 Å². The summed E-state index contributed by atoms with van der Waals surface area (Å²) in [5.41, 5.74) is -0.779. The van der Waals surface area contributed by atoms with E-state index in [0.29, 0.717) is 6.07 Å².